The number of para-hydroxylation sites is 2. The number of piperazine rings is 1. The Kier molecular flexibility index (Phi) is 4.86. The van der Waals surface area contributed by atoms with Gasteiger partial charge in [-0.1, -0.05) is 40.2 Å². The van der Waals surface area contributed by atoms with Gasteiger partial charge in [0.2, 0.25) is 5.91 Å². The Morgan fingerprint density at radius 1 is 1.04 bits per heavy atom. The molecule has 0 spiro atoms. The quantitative estimate of drug-likeness (QED) is 0.547. The Labute approximate surface area is 166 Å². The number of rotatable bonds is 4. The molecule has 1 aliphatic carbocycles. The van der Waals surface area contributed by atoms with Crippen LogP contribution in [0.2, 0.25) is 0 Å². The van der Waals surface area contributed by atoms with Gasteiger partial charge in [0.05, 0.1) is 4.92 Å². The van der Waals surface area contributed by atoms with Crippen LogP contribution in [0, 0.1) is 16.0 Å². The molecule has 2 aromatic carbocycles. The van der Waals surface area contributed by atoms with Crippen LogP contribution in [-0.2, 0) is 4.79 Å². The predicted octanol–water partition coefficient (Wildman–Crippen LogP) is 3.81. The number of hydrogen-bond donors (Lipinski definition) is 0. The summed E-state index contributed by atoms with van der Waals surface area (Å²) in [5, 5.41) is 11.2. The third-order valence-electron chi connectivity index (χ3n) is 5.42. The molecule has 1 saturated heterocycles. The molecule has 2 atom stereocenters. The topological polar surface area (TPSA) is 66.7 Å². The average Bonchev–Trinajstić information content (AvgIpc) is 3.49. The van der Waals surface area contributed by atoms with Gasteiger partial charge in [-0.2, -0.15) is 0 Å². The lowest BCUT2D eigenvalue weighted by Crippen LogP contribution is -2.49. The zero-order chi connectivity index (χ0) is 19.0. The second-order valence-corrected chi connectivity index (χ2v) is 7.97. The summed E-state index contributed by atoms with van der Waals surface area (Å²) in [5.74, 6) is 0.604. The van der Waals surface area contributed by atoms with E-state index in [-0.39, 0.29) is 22.4 Å². The summed E-state index contributed by atoms with van der Waals surface area (Å²) in [4.78, 5) is 27.6. The number of carbonyl (C=O) groups excluding carboxylic acids is 1. The lowest BCUT2D eigenvalue weighted by atomic mass is 10.1. The smallest absolute Gasteiger partial charge is 0.292 e. The molecule has 2 unspecified atom stereocenters. The van der Waals surface area contributed by atoms with Crippen molar-refractivity contribution in [3.63, 3.8) is 0 Å². The van der Waals surface area contributed by atoms with Crippen LogP contribution in [0.15, 0.2) is 53.0 Å². The number of benzene rings is 2. The zero-order valence-corrected chi connectivity index (χ0v) is 16.3. The summed E-state index contributed by atoms with van der Waals surface area (Å²) in [6.45, 7) is 2.45. The average molecular weight is 430 g/mol. The molecule has 7 heteroatoms. The Bertz CT molecular complexity index is 863. The van der Waals surface area contributed by atoms with Crippen LogP contribution in [0.5, 0.6) is 0 Å². The number of halogens is 1. The molecule has 4 rings (SSSR count). The lowest BCUT2D eigenvalue weighted by Gasteiger charge is -2.36. The first-order valence-corrected chi connectivity index (χ1v) is 9.86. The van der Waals surface area contributed by atoms with E-state index in [4.69, 9.17) is 0 Å². The minimum Gasteiger partial charge on any atom is -0.362 e. The van der Waals surface area contributed by atoms with Gasteiger partial charge in [-0.15, -0.1) is 0 Å². The summed E-state index contributed by atoms with van der Waals surface area (Å²) in [6.07, 6.45) is 0.908. The second kappa shape index (κ2) is 7.31. The van der Waals surface area contributed by atoms with Crippen molar-refractivity contribution in [2.75, 3.05) is 31.1 Å². The summed E-state index contributed by atoms with van der Waals surface area (Å²) < 4.78 is 1.04. The summed E-state index contributed by atoms with van der Waals surface area (Å²) in [7, 11) is 0. The van der Waals surface area contributed by atoms with E-state index in [0.29, 0.717) is 37.8 Å². The largest absolute Gasteiger partial charge is 0.362 e. The van der Waals surface area contributed by atoms with Crippen molar-refractivity contribution in [1.82, 2.24) is 4.90 Å². The highest BCUT2D eigenvalue weighted by Gasteiger charge is 2.46. The first-order chi connectivity index (χ1) is 13.0. The second-order valence-electron chi connectivity index (χ2n) is 7.06. The number of amides is 1. The Balaban J connectivity index is 1.37. The standard InChI is InChI=1S/C20H20BrN3O3/c21-15-7-5-14(6-8-15)16-13-17(16)20(25)23-11-9-22(10-12-23)18-3-1-2-4-19(18)24(26)27/h1-8,16-17H,9-13H2. The van der Waals surface area contributed by atoms with Gasteiger partial charge in [0.1, 0.15) is 5.69 Å². The molecule has 2 aromatic rings. The fraction of sp³-hybridized carbons (Fsp3) is 0.350. The normalized spacial score (nSPS) is 21.8. The van der Waals surface area contributed by atoms with Gasteiger partial charge in [-0.05, 0) is 36.1 Å². The maximum absolute atomic E-state index is 12.8. The molecule has 140 valence electrons. The van der Waals surface area contributed by atoms with Crippen molar-refractivity contribution in [2.24, 2.45) is 5.92 Å². The molecular formula is C20H20BrN3O3. The maximum atomic E-state index is 12.8. The van der Waals surface area contributed by atoms with Gasteiger partial charge in [-0.25, -0.2) is 0 Å². The van der Waals surface area contributed by atoms with Crippen molar-refractivity contribution in [1.29, 1.82) is 0 Å². The number of nitro groups is 1. The van der Waals surface area contributed by atoms with Gasteiger partial charge in [0.25, 0.3) is 5.69 Å². The summed E-state index contributed by atoms with van der Waals surface area (Å²) >= 11 is 3.44. The zero-order valence-electron chi connectivity index (χ0n) is 14.8. The number of hydrogen-bond acceptors (Lipinski definition) is 4. The van der Waals surface area contributed by atoms with Gasteiger partial charge < -0.3 is 9.80 Å². The highest BCUT2D eigenvalue weighted by molar-refractivity contribution is 9.10. The number of carbonyl (C=O) groups is 1. The molecule has 0 aromatic heterocycles. The van der Waals surface area contributed by atoms with Crippen molar-refractivity contribution in [3.8, 4) is 0 Å². The van der Waals surface area contributed by atoms with Gasteiger partial charge >= 0.3 is 0 Å². The van der Waals surface area contributed by atoms with Crippen LogP contribution in [0.1, 0.15) is 17.9 Å². The van der Waals surface area contributed by atoms with E-state index in [0.717, 1.165) is 10.9 Å². The van der Waals surface area contributed by atoms with E-state index >= 15 is 0 Å². The van der Waals surface area contributed by atoms with E-state index < -0.39 is 0 Å². The lowest BCUT2D eigenvalue weighted by molar-refractivity contribution is -0.384. The Morgan fingerprint density at radius 3 is 2.37 bits per heavy atom. The van der Waals surface area contributed by atoms with Crippen molar-refractivity contribution in [2.45, 2.75) is 12.3 Å². The van der Waals surface area contributed by atoms with Crippen LogP contribution in [0.25, 0.3) is 0 Å². The summed E-state index contributed by atoms with van der Waals surface area (Å²) in [5.41, 5.74) is 1.97. The van der Waals surface area contributed by atoms with Crippen LogP contribution in [-0.4, -0.2) is 41.9 Å². The third kappa shape index (κ3) is 3.69. The minimum atomic E-state index is -0.347. The first-order valence-electron chi connectivity index (χ1n) is 9.07. The fourth-order valence-corrected chi connectivity index (χ4v) is 4.10. The SMILES string of the molecule is O=C(C1CC1c1ccc(Br)cc1)N1CCN(c2ccccc2[N+](=O)[O-])CC1. The van der Waals surface area contributed by atoms with Crippen molar-refractivity contribution < 1.29 is 9.72 Å². The molecule has 27 heavy (non-hydrogen) atoms. The molecule has 2 fully saturated rings. The minimum absolute atomic E-state index is 0.0730. The molecule has 0 radical (unpaired) electrons. The molecule has 1 aliphatic heterocycles. The molecule has 0 bridgehead atoms. The molecular weight excluding hydrogens is 410 g/mol. The van der Waals surface area contributed by atoms with Crippen LogP contribution >= 0.6 is 15.9 Å². The van der Waals surface area contributed by atoms with E-state index in [9.17, 15) is 14.9 Å². The van der Waals surface area contributed by atoms with E-state index in [1.807, 2.05) is 28.0 Å². The molecule has 6 nitrogen and oxygen atoms in total. The van der Waals surface area contributed by atoms with Crippen molar-refractivity contribution in [3.05, 3.63) is 68.7 Å². The van der Waals surface area contributed by atoms with Crippen LogP contribution in [0.3, 0.4) is 0 Å². The van der Waals surface area contributed by atoms with E-state index in [2.05, 4.69) is 28.1 Å². The van der Waals surface area contributed by atoms with Gasteiger partial charge in [0.15, 0.2) is 0 Å². The highest BCUT2D eigenvalue weighted by atomic mass is 79.9. The van der Waals surface area contributed by atoms with Crippen LogP contribution in [0.4, 0.5) is 11.4 Å². The van der Waals surface area contributed by atoms with Crippen molar-refractivity contribution >= 4 is 33.2 Å². The number of nitrogens with zero attached hydrogens (tertiary/aromatic N) is 3. The van der Waals surface area contributed by atoms with Gasteiger partial charge in [0, 0.05) is 42.6 Å². The molecule has 2 aliphatic rings. The molecule has 0 N–H and O–H groups in total. The number of nitro benzene ring substituents is 1. The molecule has 1 heterocycles. The van der Waals surface area contributed by atoms with Gasteiger partial charge in [-0.3, -0.25) is 14.9 Å². The fourth-order valence-electron chi connectivity index (χ4n) is 3.83. The monoisotopic (exact) mass is 429 g/mol. The molecule has 1 saturated carbocycles. The van der Waals surface area contributed by atoms with E-state index in [1.54, 1.807) is 12.1 Å². The van der Waals surface area contributed by atoms with Crippen LogP contribution < -0.4 is 4.90 Å². The predicted molar refractivity (Wildman–Crippen MR) is 107 cm³/mol. The molecule has 1 amide bonds. The Morgan fingerprint density at radius 2 is 1.70 bits per heavy atom. The number of anilines is 1. The third-order valence-corrected chi connectivity index (χ3v) is 5.94. The maximum Gasteiger partial charge on any atom is 0.292 e. The first kappa shape index (κ1) is 18.0. The van der Waals surface area contributed by atoms with E-state index in [1.165, 1.54) is 11.6 Å². The summed E-state index contributed by atoms with van der Waals surface area (Å²) in [6, 6.07) is 15.0. The Hall–Kier alpha value is -2.41. The highest BCUT2D eigenvalue weighted by Crippen LogP contribution is 2.48.